The lowest BCUT2D eigenvalue weighted by molar-refractivity contribution is 0.417. The van der Waals surface area contributed by atoms with Crippen LogP contribution in [0.5, 0.6) is 5.75 Å². The molecule has 0 amide bonds. The van der Waals surface area contributed by atoms with Gasteiger partial charge in [0.05, 0.1) is 18.5 Å². The lowest BCUT2D eigenvalue weighted by Crippen LogP contribution is -2.19. The van der Waals surface area contributed by atoms with E-state index >= 15 is 0 Å². The Hall–Kier alpha value is -1.56. The summed E-state index contributed by atoms with van der Waals surface area (Å²) in [6.07, 6.45) is 1.60. The highest BCUT2D eigenvalue weighted by molar-refractivity contribution is 7.80. The molecule has 7 heteroatoms. The minimum absolute atomic E-state index is 0.342. The highest BCUT2D eigenvalue weighted by Crippen LogP contribution is 2.28. The predicted octanol–water partition coefficient (Wildman–Crippen LogP) is 4.21. The Labute approximate surface area is 132 Å². The molecule has 0 saturated heterocycles. The first-order valence-corrected chi connectivity index (χ1v) is 6.78. The zero-order valence-electron chi connectivity index (χ0n) is 10.5. The van der Waals surface area contributed by atoms with Crippen LogP contribution in [-0.2, 0) is 0 Å². The fourth-order valence-electron chi connectivity index (χ4n) is 1.53. The molecule has 1 aromatic heterocycles. The van der Waals surface area contributed by atoms with E-state index in [0.717, 1.165) is 0 Å². The average Bonchev–Trinajstić information content (AvgIpc) is 2.41. The van der Waals surface area contributed by atoms with Crippen molar-refractivity contribution >= 4 is 51.9 Å². The fraction of sp³-hybridized carbons (Fsp3) is 0.0769. The van der Waals surface area contributed by atoms with Crippen LogP contribution in [0.3, 0.4) is 0 Å². The first-order valence-electron chi connectivity index (χ1n) is 5.62. The van der Waals surface area contributed by atoms with Gasteiger partial charge in [0, 0.05) is 11.2 Å². The van der Waals surface area contributed by atoms with Gasteiger partial charge in [-0.15, -0.1) is 0 Å². The smallest absolute Gasteiger partial charge is 0.175 e. The third-order valence-corrected chi connectivity index (χ3v) is 3.16. The Bertz CT molecular complexity index is 637. The standard InChI is InChI=1S/C13H11Cl2N3OS/c1-19-11-5-4-8(14)7-10(11)18-13(20)17-9-3-2-6-16-12(9)15/h2-7H,1H3,(H2,17,18,20). The molecule has 1 aromatic carbocycles. The normalized spacial score (nSPS) is 9.95. The highest BCUT2D eigenvalue weighted by Gasteiger charge is 2.07. The summed E-state index contributed by atoms with van der Waals surface area (Å²) in [5, 5.41) is 7.24. The molecule has 2 N–H and O–H groups in total. The van der Waals surface area contributed by atoms with E-state index < -0.39 is 0 Å². The quantitative estimate of drug-likeness (QED) is 0.653. The summed E-state index contributed by atoms with van der Waals surface area (Å²) in [5.74, 6) is 0.635. The van der Waals surface area contributed by atoms with E-state index in [-0.39, 0.29) is 0 Å². The van der Waals surface area contributed by atoms with Gasteiger partial charge in [0.25, 0.3) is 0 Å². The van der Waals surface area contributed by atoms with Gasteiger partial charge in [-0.25, -0.2) is 4.98 Å². The molecule has 0 saturated carbocycles. The molecule has 20 heavy (non-hydrogen) atoms. The summed E-state index contributed by atoms with van der Waals surface area (Å²) in [7, 11) is 1.57. The van der Waals surface area contributed by atoms with Crippen LogP contribution in [0.4, 0.5) is 11.4 Å². The maximum absolute atomic E-state index is 5.95. The molecule has 0 aliphatic rings. The summed E-state index contributed by atoms with van der Waals surface area (Å²) < 4.78 is 5.23. The molecule has 4 nitrogen and oxygen atoms in total. The van der Waals surface area contributed by atoms with E-state index in [1.54, 1.807) is 43.6 Å². The third kappa shape index (κ3) is 3.72. The van der Waals surface area contributed by atoms with E-state index in [4.69, 9.17) is 40.2 Å². The zero-order chi connectivity index (χ0) is 14.5. The van der Waals surface area contributed by atoms with Crippen LogP contribution in [0.25, 0.3) is 0 Å². The van der Waals surface area contributed by atoms with Crippen molar-refractivity contribution in [1.82, 2.24) is 4.98 Å². The monoisotopic (exact) mass is 327 g/mol. The number of benzene rings is 1. The van der Waals surface area contributed by atoms with E-state index in [9.17, 15) is 0 Å². The van der Waals surface area contributed by atoms with Gasteiger partial charge in [-0.3, -0.25) is 0 Å². The Morgan fingerprint density at radius 2 is 1.95 bits per heavy atom. The third-order valence-electron chi connectivity index (χ3n) is 2.42. The summed E-state index contributed by atoms with van der Waals surface area (Å²) in [5.41, 5.74) is 1.28. The predicted molar refractivity (Wildman–Crippen MR) is 87.1 cm³/mol. The second kappa shape index (κ2) is 6.74. The summed E-state index contributed by atoms with van der Waals surface area (Å²) in [6.45, 7) is 0. The SMILES string of the molecule is COc1ccc(Cl)cc1NC(=S)Nc1cccnc1Cl. The Balaban J connectivity index is 2.12. The van der Waals surface area contributed by atoms with Crippen molar-refractivity contribution in [2.75, 3.05) is 17.7 Å². The van der Waals surface area contributed by atoms with E-state index in [2.05, 4.69) is 15.6 Å². The average molecular weight is 328 g/mol. The molecule has 2 rings (SSSR count). The van der Waals surface area contributed by atoms with Crippen molar-refractivity contribution in [2.24, 2.45) is 0 Å². The number of thiocarbonyl (C=S) groups is 1. The lowest BCUT2D eigenvalue weighted by atomic mass is 10.3. The molecule has 0 aliphatic heterocycles. The van der Waals surface area contributed by atoms with Crippen LogP contribution < -0.4 is 15.4 Å². The van der Waals surface area contributed by atoms with Gasteiger partial charge in [-0.2, -0.15) is 0 Å². The van der Waals surface area contributed by atoms with Crippen LogP contribution >= 0.6 is 35.4 Å². The largest absolute Gasteiger partial charge is 0.495 e. The zero-order valence-corrected chi connectivity index (χ0v) is 12.8. The maximum atomic E-state index is 5.95. The van der Waals surface area contributed by atoms with Crippen molar-refractivity contribution in [3.05, 3.63) is 46.7 Å². The molecule has 0 bridgehead atoms. The molecule has 0 aliphatic carbocycles. The molecule has 104 valence electrons. The topological polar surface area (TPSA) is 46.2 Å². The second-order valence-electron chi connectivity index (χ2n) is 3.77. The van der Waals surface area contributed by atoms with Crippen molar-refractivity contribution < 1.29 is 4.74 Å². The molecule has 2 aromatic rings. The maximum Gasteiger partial charge on any atom is 0.175 e. The molecule has 0 fully saturated rings. The summed E-state index contributed by atoms with van der Waals surface area (Å²) in [4.78, 5) is 3.96. The van der Waals surface area contributed by atoms with E-state index in [1.807, 2.05) is 0 Å². The van der Waals surface area contributed by atoms with E-state index in [1.165, 1.54) is 0 Å². The number of aromatic nitrogens is 1. The van der Waals surface area contributed by atoms with Gasteiger partial charge in [0.1, 0.15) is 5.75 Å². The number of hydrogen-bond acceptors (Lipinski definition) is 3. The van der Waals surface area contributed by atoms with Crippen LogP contribution in [0, 0.1) is 0 Å². The van der Waals surface area contributed by atoms with Crippen LogP contribution in [0.2, 0.25) is 10.2 Å². The number of nitrogens with one attached hydrogen (secondary N) is 2. The van der Waals surface area contributed by atoms with Gasteiger partial charge in [0.15, 0.2) is 10.3 Å². The molecule has 1 heterocycles. The number of rotatable bonds is 3. The van der Waals surface area contributed by atoms with Gasteiger partial charge >= 0.3 is 0 Å². The Morgan fingerprint density at radius 3 is 2.65 bits per heavy atom. The summed E-state index contributed by atoms with van der Waals surface area (Å²) >= 11 is 17.1. The fourth-order valence-corrected chi connectivity index (χ4v) is 2.09. The molecule has 0 radical (unpaired) electrons. The van der Waals surface area contributed by atoms with Crippen LogP contribution in [-0.4, -0.2) is 17.2 Å². The van der Waals surface area contributed by atoms with Crippen LogP contribution in [0.15, 0.2) is 36.5 Å². The number of anilines is 2. The van der Waals surface area contributed by atoms with Crippen molar-refractivity contribution in [3.8, 4) is 5.75 Å². The van der Waals surface area contributed by atoms with Crippen molar-refractivity contribution in [2.45, 2.75) is 0 Å². The molecule has 0 spiro atoms. The van der Waals surface area contributed by atoms with Gasteiger partial charge < -0.3 is 15.4 Å². The number of ether oxygens (including phenoxy) is 1. The molecular weight excluding hydrogens is 317 g/mol. The van der Waals surface area contributed by atoms with Crippen LogP contribution in [0.1, 0.15) is 0 Å². The Morgan fingerprint density at radius 1 is 1.20 bits per heavy atom. The number of methoxy groups -OCH3 is 1. The molecular formula is C13H11Cl2N3OS. The number of nitrogens with zero attached hydrogens (tertiary/aromatic N) is 1. The van der Waals surface area contributed by atoms with Crippen molar-refractivity contribution in [1.29, 1.82) is 0 Å². The first-order chi connectivity index (χ1) is 9.60. The number of pyridine rings is 1. The minimum Gasteiger partial charge on any atom is -0.495 e. The first kappa shape index (κ1) is 14.8. The number of halogens is 2. The van der Waals surface area contributed by atoms with E-state index in [0.29, 0.717) is 32.4 Å². The van der Waals surface area contributed by atoms with Gasteiger partial charge in [-0.05, 0) is 42.5 Å². The summed E-state index contributed by atoms with van der Waals surface area (Å²) in [6, 6.07) is 8.75. The molecule has 0 atom stereocenters. The lowest BCUT2D eigenvalue weighted by Gasteiger charge is -2.14. The molecule has 0 unspecified atom stereocenters. The number of hydrogen-bond donors (Lipinski definition) is 2. The Kier molecular flexibility index (Phi) is 5.00. The second-order valence-corrected chi connectivity index (χ2v) is 4.97. The van der Waals surface area contributed by atoms with Gasteiger partial charge in [0.2, 0.25) is 0 Å². The minimum atomic E-state index is 0.342. The van der Waals surface area contributed by atoms with Crippen molar-refractivity contribution in [3.63, 3.8) is 0 Å². The highest BCUT2D eigenvalue weighted by atomic mass is 35.5. The van der Waals surface area contributed by atoms with Gasteiger partial charge in [-0.1, -0.05) is 23.2 Å².